The third kappa shape index (κ3) is 10.0. The maximum atomic E-state index is 11.8. The highest BCUT2D eigenvalue weighted by molar-refractivity contribution is 7.99. The molecule has 2 aromatic rings. The van der Waals surface area contributed by atoms with Gasteiger partial charge < -0.3 is 9.47 Å². The average molecular weight is 433 g/mol. The molecule has 6 nitrogen and oxygen atoms in total. The van der Waals surface area contributed by atoms with Crippen molar-refractivity contribution in [2.75, 3.05) is 31.0 Å². The van der Waals surface area contributed by atoms with E-state index < -0.39 is 5.97 Å². The van der Waals surface area contributed by atoms with Gasteiger partial charge in [0, 0.05) is 22.8 Å². The second-order valence-electron chi connectivity index (χ2n) is 5.78. The highest BCUT2D eigenvalue weighted by atomic mass is 32.2. The molecular weight excluding hydrogens is 408 g/mol. The Morgan fingerprint density at radius 3 is 2.55 bits per heavy atom. The summed E-state index contributed by atoms with van der Waals surface area (Å²) in [4.78, 5) is 24.5. The van der Waals surface area contributed by atoms with Gasteiger partial charge in [-0.05, 0) is 48.2 Å². The Balaban J connectivity index is 1.64. The summed E-state index contributed by atoms with van der Waals surface area (Å²) >= 11 is 3.24. The van der Waals surface area contributed by atoms with Crippen LogP contribution in [0.5, 0.6) is 5.75 Å². The molecule has 29 heavy (non-hydrogen) atoms. The summed E-state index contributed by atoms with van der Waals surface area (Å²) in [6.07, 6.45) is 3.89. The first-order chi connectivity index (χ1) is 14.2. The summed E-state index contributed by atoms with van der Waals surface area (Å²) in [6.45, 7) is 0.258. The number of nitrogens with zero attached hydrogens (tertiary/aromatic N) is 1. The first-order valence-corrected chi connectivity index (χ1v) is 11.4. The minimum atomic E-state index is -0.391. The Morgan fingerprint density at radius 2 is 1.83 bits per heavy atom. The van der Waals surface area contributed by atoms with Crippen LogP contribution in [-0.4, -0.2) is 49.1 Å². The predicted molar refractivity (Wildman–Crippen MR) is 119 cm³/mol. The molecule has 2 rings (SSSR count). The maximum Gasteiger partial charge on any atom is 0.344 e. The predicted octanol–water partition coefficient (Wildman–Crippen LogP) is 3.60. The van der Waals surface area contributed by atoms with E-state index in [0.717, 1.165) is 16.2 Å². The van der Waals surface area contributed by atoms with Crippen molar-refractivity contribution in [3.8, 4) is 5.75 Å². The smallest absolute Gasteiger partial charge is 0.344 e. The number of nitrogens with one attached hydrogen (secondary N) is 1. The molecule has 154 valence electrons. The van der Waals surface area contributed by atoms with Crippen LogP contribution in [0, 0.1) is 0 Å². The Morgan fingerprint density at radius 1 is 1.07 bits per heavy atom. The van der Waals surface area contributed by atoms with E-state index in [1.165, 1.54) is 0 Å². The Hall–Kier alpha value is -2.45. The number of carbonyl (C=O) groups excluding carboxylic acids is 2. The molecule has 0 aromatic heterocycles. The van der Waals surface area contributed by atoms with Crippen LogP contribution in [0.4, 0.5) is 0 Å². The van der Waals surface area contributed by atoms with Crippen LogP contribution in [0.15, 0.2) is 64.6 Å². The summed E-state index contributed by atoms with van der Waals surface area (Å²) in [5.41, 5.74) is 3.32. The number of thioether (sulfide) groups is 2. The molecular formula is C21H24N2O4S2. The second kappa shape index (κ2) is 13.7. The van der Waals surface area contributed by atoms with Gasteiger partial charge in [0.2, 0.25) is 5.91 Å². The molecule has 0 fully saturated rings. The van der Waals surface area contributed by atoms with Gasteiger partial charge in [0.25, 0.3) is 0 Å². The van der Waals surface area contributed by atoms with Crippen molar-refractivity contribution < 1.29 is 19.1 Å². The van der Waals surface area contributed by atoms with E-state index >= 15 is 0 Å². The van der Waals surface area contributed by atoms with Gasteiger partial charge in [-0.2, -0.15) is 16.9 Å². The summed E-state index contributed by atoms with van der Waals surface area (Å²) in [5.74, 6) is 1.49. The van der Waals surface area contributed by atoms with Gasteiger partial charge in [-0.3, -0.25) is 4.79 Å². The first-order valence-electron chi connectivity index (χ1n) is 9.04. The van der Waals surface area contributed by atoms with Crippen molar-refractivity contribution in [3.63, 3.8) is 0 Å². The molecule has 0 saturated carbocycles. The lowest BCUT2D eigenvalue weighted by atomic mass is 10.2. The third-order valence-corrected chi connectivity index (χ3v) is 5.12. The minimum Gasteiger partial charge on any atom is -0.482 e. The van der Waals surface area contributed by atoms with E-state index in [0.29, 0.717) is 24.5 Å². The van der Waals surface area contributed by atoms with Gasteiger partial charge in [-0.15, -0.1) is 11.8 Å². The van der Waals surface area contributed by atoms with E-state index in [2.05, 4.69) is 10.5 Å². The topological polar surface area (TPSA) is 77.0 Å². The van der Waals surface area contributed by atoms with Crippen LogP contribution < -0.4 is 10.2 Å². The molecule has 0 unspecified atom stereocenters. The zero-order chi connectivity index (χ0) is 20.7. The quantitative estimate of drug-likeness (QED) is 0.182. The highest BCUT2D eigenvalue weighted by Gasteiger charge is 2.04. The Bertz CT molecular complexity index is 783. The molecule has 0 saturated heterocycles. The first kappa shape index (κ1) is 22.8. The van der Waals surface area contributed by atoms with Crippen molar-refractivity contribution in [2.45, 2.75) is 11.3 Å². The number of rotatable bonds is 12. The Kier molecular flexibility index (Phi) is 10.8. The van der Waals surface area contributed by atoms with Crippen LogP contribution >= 0.6 is 23.5 Å². The molecule has 0 spiro atoms. The van der Waals surface area contributed by atoms with Crippen molar-refractivity contribution in [1.29, 1.82) is 0 Å². The number of carbonyl (C=O) groups is 2. The molecule has 1 amide bonds. The van der Waals surface area contributed by atoms with E-state index in [1.54, 1.807) is 54.0 Å². The molecule has 8 heteroatoms. The number of benzene rings is 2. The van der Waals surface area contributed by atoms with E-state index in [9.17, 15) is 9.59 Å². The van der Waals surface area contributed by atoms with Gasteiger partial charge >= 0.3 is 5.97 Å². The SMILES string of the molecule is CSCCOC(=O)COc1ccc(C=NNC(=O)CCSc2ccccc2)cc1. The van der Waals surface area contributed by atoms with Crippen molar-refractivity contribution in [3.05, 3.63) is 60.2 Å². The van der Waals surface area contributed by atoms with Gasteiger partial charge in [0.1, 0.15) is 12.4 Å². The zero-order valence-corrected chi connectivity index (χ0v) is 17.8. The van der Waals surface area contributed by atoms with E-state index in [-0.39, 0.29) is 12.5 Å². The highest BCUT2D eigenvalue weighted by Crippen LogP contribution is 2.17. The number of esters is 1. The maximum absolute atomic E-state index is 11.8. The molecule has 2 aromatic carbocycles. The lowest BCUT2D eigenvalue weighted by Crippen LogP contribution is -2.17. The number of hydrazone groups is 1. The molecule has 1 N–H and O–H groups in total. The number of ether oxygens (including phenoxy) is 2. The largest absolute Gasteiger partial charge is 0.482 e. The van der Waals surface area contributed by atoms with Crippen molar-refractivity contribution in [1.82, 2.24) is 5.43 Å². The van der Waals surface area contributed by atoms with Crippen LogP contribution in [0.1, 0.15) is 12.0 Å². The molecule has 0 bridgehead atoms. The summed E-state index contributed by atoms with van der Waals surface area (Å²) in [5, 5.41) is 3.96. The summed E-state index contributed by atoms with van der Waals surface area (Å²) in [6, 6.07) is 17.0. The normalized spacial score (nSPS) is 10.7. The summed E-state index contributed by atoms with van der Waals surface area (Å²) in [7, 11) is 0. The fraction of sp³-hybridized carbons (Fsp3) is 0.286. The fourth-order valence-electron chi connectivity index (χ4n) is 2.09. The summed E-state index contributed by atoms with van der Waals surface area (Å²) < 4.78 is 10.4. The molecule has 0 aliphatic rings. The molecule has 0 heterocycles. The van der Waals surface area contributed by atoms with Gasteiger partial charge in [-0.25, -0.2) is 10.2 Å². The van der Waals surface area contributed by atoms with Crippen molar-refractivity contribution >= 4 is 41.6 Å². The van der Waals surface area contributed by atoms with Crippen LogP contribution in [-0.2, 0) is 14.3 Å². The number of hydrogen-bond donors (Lipinski definition) is 1. The fourth-order valence-corrected chi connectivity index (χ4v) is 3.21. The molecule has 0 atom stereocenters. The van der Waals surface area contributed by atoms with Crippen molar-refractivity contribution in [2.24, 2.45) is 5.10 Å². The van der Waals surface area contributed by atoms with Crippen LogP contribution in [0.25, 0.3) is 0 Å². The standard InChI is InChI=1S/C21H24N2O4S2/c1-28-14-12-26-21(25)16-27-18-9-7-17(8-10-18)15-22-23-20(24)11-13-29-19-5-3-2-4-6-19/h2-10,15H,11-14,16H2,1H3,(H,23,24). The number of amides is 1. The van der Waals surface area contributed by atoms with Gasteiger partial charge in [0.05, 0.1) is 6.21 Å². The molecule has 0 radical (unpaired) electrons. The number of hydrogen-bond acceptors (Lipinski definition) is 7. The molecule has 0 aliphatic heterocycles. The second-order valence-corrected chi connectivity index (χ2v) is 7.93. The monoisotopic (exact) mass is 432 g/mol. The van der Waals surface area contributed by atoms with Crippen LogP contribution in [0.2, 0.25) is 0 Å². The molecule has 0 aliphatic carbocycles. The lowest BCUT2D eigenvalue weighted by molar-refractivity contribution is -0.145. The zero-order valence-electron chi connectivity index (χ0n) is 16.2. The lowest BCUT2D eigenvalue weighted by Gasteiger charge is -2.06. The average Bonchev–Trinajstić information content (AvgIpc) is 2.74. The van der Waals surface area contributed by atoms with Crippen LogP contribution in [0.3, 0.4) is 0 Å². The van der Waals surface area contributed by atoms with E-state index in [4.69, 9.17) is 9.47 Å². The minimum absolute atomic E-state index is 0.126. The Labute approximate surface area is 179 Å². The van der Waals surface area contributed by atoms with Gasteiger partial charge in [-0.1, -0.05) is 18.2 Å². The van der Waals surface area contributed by atoms with Gasteiger partial charge in [0.15, 0.2) is 6.61 Å². The third-order valence-electron chi connectivity index (χ3n) is 3.53. The van der Waals surface area contributed by atoms with E-state index in [1.807, 2.05) is 36.6 Å².